The summed E-state index contributed by atoms with van der Waals surface area (Å²) in [6.07, 6.45) is 1.02. The van der Waals surface area contributed by atoms with Crippen LogP contribution in [0.4, 0.5) is 11.4 Å². The number of ether oxygens (including phenoxy) is 1. The van der Waals surface area contributed by atoms with Gasteiger partial charge < -0.3 is 15.4 Å². The number of hydrogen-bond acceptors (Lipinski definition) is 7. The summed E-state index contributed by atoms with van der Waals surface area (Å²) in [5.41, 5.74) is 0.288. The van der Waals surface area contributed by atoms with Crippen LogP contribution in [-0.2, 0) is 9.84 Å². The molecular weight excluding hydrogens is 398 g/mol. The van der Waals surface area contributed by atoms with Gasteiger partial charge in [-0.25, -0.2) is 8.42 Å². The summed E-state index contributed by atoms with van der Waals surface area (Å²) < 4.78 is 28.7. The fraction of sp³-hybridized carbons (Fsp3) is 0.316. The second-order valence-corrected chi connectivity index (χ2v) is 8.60. The minimum Gasteiger partial charge on any atom is -0.491 e. The van der Waals surface area contributed by atoms with Crippen molar-refractivity contribution >= 4 is 27.1 Å². The zero-order valence-corrected chi connectivity index (χ0v) is 17.2. The van der Waals surface area contributed by atoms with Gasteiger partial charge in [0.25, 0.3) is 11.6 Å². The van der Waals surface area contributed by atoms with E-state index in [9.17, 15) is 23.3 Å². The maximum Gasteiger partial charge on any atom is 0.293 e. The van der Waals surface area contributed by atoms with Crippen molar-refractivity contribution in [3.05, 3.63) is 58.1 Å². The Hall–Kier alpha value is -3.14. The summed E-state index contributed by atoms with van der Waals surface area (Å²) >= 11 is 0. The smallest absolute Gasteiger partial charge is 0.293 e. The number of nitro benzene ring substituents is 1. The molecule has 0 atom stereocenters. The van der Waals surface area contributed by atoms with Crippen LogP contribution in [0.2, 0.25) is 0 Å². The van der Waals surface area contributed by atoms with E-state index in [4.69, 9.17) is 4.74 Å². The molecule has 0 saturated carbocycles. The Morgan fingerprint density at radius 2 is 1.79 bits per heavy atom. The lowest BCUT2D eigenvalue weighted by Crippen LogP contribution is -2.28. The number of anilines is 1. The lowest BCUT2D eigenvalue weighted by molar-refractivity contribution is -0.384. The fourth-order valence-corrected chi connectivity index (χ4v) is 3.12. The van der Waals surface area contributed by atoms with Crippen molar-refractivity contribution in [3.63, 3.8) is 0 Å². The molecule has 2 aromatic carbocycles. The van der Waals surface area contributed by atoms with E-state index in [2.05, 4.69) is 10.6 Å². The number of hydrogen-bond donors (Lipinski definition) is 2. The van der Waals surface area contributed by atoms with Gasteiger partial charge in [0.1, 0.15) is 11.4 Å². The van der Waals surface area contributed by atoms with Gasteiger partial charge in [-0.1, -0.05) is 0 Å². The first-order valence-corrected chi connectivity index (χ1v) is 10.7. The zero-order chi connectivity index (χ0) is 21.6. The zero-order valence-electron chi connectivity index (χ0n) is 16.3. The average Bonchev–Trinajstić information content (AvgIpc) is 2.64. The first-order chi connectivity index (χ1) is 13.6. The highest BCUT2D eigenvalue weighted by Gasteiger charge is 2.18. The molecular formula is C19H23N3O6S. The first kappa shape index (κ1) is 22.2. The Kier molecular flexibility index (Phi) is 7.16. The van der Waals surface area contributed by atoms with Crippen molar-refractivity contribution in [1.82, 2.24) is 5.32 Å². The van der Waals surface area contributed by atoms with Crippen LogP contribution in [-0.4, -0.2) is 44.7 Å². The lowest BCUT2D eigenvalue weighted by atomic mass is 10.2. The van der Waals surface area contributed by atoms with Crippen LogP contribution in [0, 0.1) is 10.1 Å². The predicted molar refractivity (Wildman–Crippen MR) is 109 cm³/mol. The third-order valence-corrected chi connectivity index (χ3v) is 4.92. The number of rotatable bonds is 9. The highest BCUT2D eigenvalue weighted by Crippen LogP contribution is 2.27. The van der Waals surface area contributed by atoms with Crippen molar-refractivity contribution in [2.75, 3.05) is 24.7 Å². The van der Waals surface area contributed by atoms with Gasteiger partial charge in [0.15, 0.2) is 9.84 Å². The Bertz CT molecular complexity index is 988. The Balaban J connectivity index is 1.93. The maximum atomic E-state index is 12.2. The second-order valence-electron chi connectivity index (χ2n) is 6.58. The fourth-order valence-electron chi connectivity index (χ4n) is 2.47. The van der Waals surface area contributed by atoms with Crippen molar-refractivity contribution < 1.29 is 22.9 Å². The van der Waals surface area contributed by atoms with Crippen LogP contribution < -0.4 is 15.4 Å². The number of sulfone groups is 1. The third-order valence-electron chi connectivity index (χ3n) is 3.81. The minimum atomic E-state index is -3.55. The number of benzene rings is 2. The van der Waals surface area contributed by atoms with Gasteiger partial charge in [0, 0.05) is 31.0 Å². The standard InChI is InChI=1S/C19H23N3O6S/c1-13(2)28-15-6-4-14(5-7-15)19(23)21-11-10-20-17-9-8-16(29(3,26)27)12-18(17)22(24)25/h4-9,12-13,20H,10-11H2,1-3H3,(H,21,23). The van der Waals surface area contributed by atoms with E-state index in [1.165, 1.54) is 12.1 Å². The summed E-state index contributed by atoms with van der Waals surface area (Å²) in [7, 11) is -3.55. The molecule has 0 radical (unpaired) electrons. The summed E-state index contributed by atoms with van der Waals surface area (Å²) in [5.74, 6) is 0.382. The Morgan fingerprint density at radius 1 is 1.14 bits per heavy atom. The molecule has 9 nitrogen and oxygen atoms in total. The van der Waals surface area contributed by atoms with E-state index in [-0.39, 0.29) is 41.4 Å². The SMILES string of the molecule is CC(C)Oc1ccc(C(=O)NCCNc2ccc(S(C)(=O)=O)cc2[N+](=O)[O-])cc1. The lowest BCUT2D eigenvalue weighted by Gasteiger charge is -2.11. The molecule has 0 bridgehead atoms. The molecule has 0 aliphatic rings. The normalized spacial score (nSPS) is 11.2. The molecule has 0 saturated heterocycles. The van der Waals surface area contributed by atoms with E-state index >= 15 is 0 Å². The summed E-state index contributed by atoms with van der Waals surface area (Å²) in [4.78, 5) is 22.6. The monoisotopic (exact) mass is 421 g/mol. The highest BCUT2D eigenvalue weighted by molar-refractivity contribution is 7.90. The number of amides is 1. The van der Waals surface area contributed by atoms with Gasteiger partial charge in [0.05, 0.1) is 15.9 Å². The third kappa shape index (κ3) is 6.46. The molecule has 2 N–H and O–H groups in total. The van der Waals surface area contributed by atoms with Crippen LogP contribution in [0.3, 0.4) is 0 Å². The van der Waals surface area contributed by atoms with Gasteiger partial charge in [-0.2, -0.15) is 0 Å². The molecule has 0 aromatic heterocycles. The molecule has 1 amide bonds. The molecule has 2 rings (SSSR count). The molecule has 156 valence electrons. The van der Waals surface area contributed by atoms with E-state index in [1.54, 1.807) is 24.3 Å². The molecule has 0 unspecified atom stereocenters. The number of carbonyl (C=O) groups excluding carboxylic acids is 1. The Labute approximate surface area is 169 Å². The Morgan fingerprint density at radius 3 is 2.34 bits per heavy atom. The molecule has 10 heteroatoms. The van der Waals surface area contributed by atoms with Crippen LogP contribution in [0.25, 0.3) is 0 Å². The average molecular weight is 421 g/mol. The molecule has 0 aliphatic carbocycles. The van der Waals surface area contributed by atoms with Gasteiger partial charge in [-0.15, -0.1) is 0 Å². The van der Waals surface area contributed by atoms with E-state index in [0.717, 1.165) is 12.3 Å². The van der Waals surface area contributed by atoms with Crippen molar-refractivity contribution in [1.29, 1.82) is 0 Å². The maximum absolute atomic E-state index is 12.2. The molecule has 0 spiro atoms. The van der Waals surface area contributed by atoms with Crippen LogP contribution in [0.1, 0.15) is 24.2 Å². The number of nitrogens with zero attached hydrogens (tertiary/aromatic N) is 1. The second kappa shape index (κ2) is 9.37. The summed E-state index contributed by atoms with van der Waals surface area (Å²) in [6.45, 7) is 4.26. The molecule has 0 aliphatic heterocycles. The van der Waals surface area contributed by atoms with E-state index < -0.39 is 14.8 Å². The molecule has 0 fully saturated rings. The number of nitro groups is 1. The van der Waals surface area contributed by atoms with Crippen molar-refractivity contribution in [2.45, 2.75) is 24.8 Å². The van der Waals surface area contributed by atoms with Gasteiger partial charge >= 0.3 is 0 Å². The van der Waals surface area contributed by atoms with Crippen molar-refractivity contribution in [2.24, 2.45) is 0 Å². The largest absolute Gasteiger partial charge is 0.491 e. The topological polar surface area (TPSA) is 128 Å². The summed E-state index contributed by atoms with van der Waals surface area (Å²) in [5, 5.41) is 16.8. The van der Waals surface area contributed by atoms with Gasteiger partial charge in [-0.05, 0) is 50.2 Å². The van der Waals surface area contributed by atoms with Gasteiger partial charge in [-0.3, -0.25) is 14.9 Å². The molecule has 0 heterocycles. The molecule has 2 aromatic rings. The van der Waals surface area contributed by atoms with Crippen LogP contribution in [0.15, 0.2) is 47.4 Å². The number of nitrogens with one attached hydrogen (secondary N) is 2. The van der Waals surface area contributed by atoms with Crippen molar-refractivity contribution in [3.8, 4) is 5.75 Å². The first-order valence-electron chi connectivity index (χ1n) is 8.85. The van der Waals surface area contributed by atoms with E-state index in [1.807, 2.05) is 13.8 Å². The predicted octanol–water partition coefficient (Wildman–Crippen LogP) is 2.63. The number of carbonyl (C=O) groups is 1. The van der Waals surface area contributed by atoms with Crippen LogP contribution >= 0.6 is 0 Å². The van der Waals surface area contributed by atoms with E-state index in [0.29, 0.717) is 11.3 Å². The highest BCUT2D eigenvalue weighted by atomic mass is 32.2. The summed E-state index contributed by atoms with van der Waals surface area (Å²) in [6, 6.07) is 10.4. The quantitative estimate of drug-likeness (QED) is 0.362. The van der Waals surface area contributed by atoms with Gasteiger partial charge in [0.2, 0.25) is 0 Å². The van der Waals surface area contributed by atoms with Crippen LogP contribution in [0.5, 0.6) is 5.75 Å². The molecule has 29 heavy (non-hydrogen) atoms. The minimum absolute atomic E-state index is 0.0382.